The zero-order valence-corrected chi connectivity index (χ0v) is 11.1. The van der Waals surface area contributed by atoms with E-state index in [-0.39, 0.29) is 11.8 Å². The molecule has 0 saturated heterocycles. The van der Waals surface area contributed by atoms with Crippen molar-refractivity contribution < 1.29 is 9.90 Å². The maximum Gasteiger partial charge on any atom is 0.323 e. The van der Waals surface area contributed by atoms with Crippen molar-refractivity contribution in [1.29, 1.82) is 0 Å². The van der Waals surface area contributed by atoms with Crippen molar-refractivity contribution >= 4 is 17.8 Å². The zero-order chi connectivity index (χ0) is 14.4. The number of carbonyl (C=O) groups is 1. The molecule has 0 aromatic heterocycles. The molecule has 2 aromatic rings. The lowest BCUT2D eigenvalue weighted by Gasteiger charge is -2.04. The molecule has 3 N–H and O–H groups in total. The molecule has 0 heterocycles. The van der Waals surface area contributed by atoms with Gasteiger partial charge >= 0.3 is 6.03 Å². The monoisotopic (exact) mass is 268 g/mol. The van der Waals surface area contributed by atoms with Crippen molar-refractivity contribution in [2.24, 2.45) is 0 Å². The summed E-state index contributed by atoms with van der Waals surface area (Å²) in [4.78, 5) is 11.6. The molecule has 2 aromatic carbocycles. The molecule has 102 valence electrons. The first kappa shape index (κ1) is 13.7. The van der Waals surface area contributed by atoms with Crippen LogP contribution in [-0.2, 0) is 0 Å². The van der Waals surface area contributed by atoms with E-state index in [1.54, 1.807) is 18.3 Å². The topological polar surface area (TPSA) is 61.4 Å². The van der Waals surface area contributed by atoms with E-state index < -0.39 is 0 Å². The number of hydrogen-bond acceptors (Lipinski definition) is 2. The van der Waals surface area contributed by atoms with Crippen LogP contribution < -0.4 is 10.6 Å². The smallest absolute Gasteiger partial charge is 0.323 e. The Balaban J connectivity index is 1.89. The summed E-state index contributed by atoms with van der Waals surface area (Å²) < 4.78 is 0. The Kier molecular flexibility index (Phi) is 4.39. The Bertz CT molecular complexity index is 619. The molecule has 2 amide bonds. The van der Waals surface area contributed by atoms with E-state index in [2.05, 4.69) is 10.6 Å². The van der Waals surface area contributed by atoms with Crippen molar-refractivity contribution in [2.75, 3.05) is 5.32 Å². The number of nitrogens with one attached hydrogen (secondary N) is 2. The van der Waals surface area contributed by atoms with E-state index in [4.69, 9.17) is 5.11 Å². The van der Waals surface area contributed by atoms with Crippen molar-refractivity contribution in [3.05, 3.63) is 65.9 Å². The minimum atomic E-state index is -0.333. The van der Waals surface area contributed by atoms with Crippen molar-refractivity contribution in [3.8, 4) is 5.75 Å². The van der Waals surface area contributed by atoms with Crippen molar-refractivity contribution in [2.45, 2.75) is 6.92 Å². The molecule has 0 saturated carbocycles. The van der Waals surface area contributed by atoms with Gasteiger partial charge in [-0.3, -0.25) is 0 Å². The van der Waals surface area contributed by atoms with Gasteiger partial charge in [-0.1, -0.05) is 24.3 Å². The number of anilines is 1. The third kappa shape index (κ3) is 3.88. The molecular weight excluding hydrogens is 252 g/mol. The van der Waals surface area contributed by atoms with Crippen LogP contribution in [-0.4, -0.2) is 11.1 Å². The Morgan fingerprint density at radius 1 is 1.10 bits per heavy atom. The summed E-state index contributed by atoms with van der Waals surface area (Å²) in [5.74, 6) is 0.162. The maximum absolute atomic E-state index is 11.6. The minimum Gasteiger partial charge on any atom is -0.508 e. The molecule has 0 aliphatic rings. The summed E-state index contributed by atoms with van der Waals surface area (Å²) in [5, 5.41) is 14.4. The van der Waals surface area contributed by atoms with Gasteiger partial charge in [0.2, 0.25) is 0 Å². The number of rotatable bonds is 3. The van der Waals surface area contributed by atoms with Crippen LogP contribution in [0.1, 0.15) is 11.1 Å². The van der Waals surface area contributed by atoms with Gasteiger partial charge in [0.1, 0.15) is 5.75 Å². The highest BCUT2D eigenvalue weighted by Gasteiger charge is 1.99. The van der Waals surface area contributed by atoms with Gasteiger partial charge in [0, 0.05) is 11.9 Å². The van der Waals surface area contributed by atoms with Gasteiger partial charge < -0.3 is 15.7 Å². The molecule has 0 fully saturated rings. The van der Waals surface area contributed by atoms with Crippen LogP contribution in [0.2, 0.25) is 0 Å². The lowest BCUT2D eigenvalue weighted by Crippen LogP contribution is -2.23. The molecule has 0 spiro atoms. The highest BCUT2D eigenvalue weighted by Crippen LogP contribution is 2.13. The van der Waals surface area contributed by atoms with E-state index in [9.17, 15) is 4.79 Å². The van der Waals surface area contributed by atoms with Crippen LogP contribution in [0.25, 0.3) is 6.08 Å². The van der Waals surface area contributed by atoms with E-state index in [0.29, 0.717) is 5.69 Å². The van der Waals surface area contributed by atoms with Gasteiger partial charge in [0.05, 0.1) is 0 Å². The normalized spacial score (nSPS) is 10.4. The minimum absolute atomic E-state index is 0.162. The summed E-state index contributed by atoms with van der Waals surface area (Å²) in [6.07, 6.45) is 3.43. The third-order valence-electron chi connectivity index (χ3n) is 2.79. The molecule has 0 atom stereocenters. The predicted molar refractivity (Wildman–Crippen MR) is 80.5 cm³/mol. The molecule has 4 nitrogen and oxygen atoms in total. The lowest BCUT2D eigenvalue weighted by atomic mass is 10.1. The molecule has 0 aliphatic carbocycles. The molecule has 4 heteroatoms. The fourth-order valence-electron chi connectivity index (χ4n) is 1.69. The second-order valence-electron chi connectivity index (χ2n) is 4.34. The molecule has 2 rings (SSSR count). The number of aryl methyl sites for hydroxylation is 1. The van der Waals surface area contributed by atoms with E-state index in [0.717, 1.165) is 11.1 Å². The van der Waals surface area contributed by atoms with Gasteiger partial charge in [0.15, 0.2) is 0 Å². The number of phenols is 1. The summed E-state index contributed by atoms with van der Waals surface area (Å²) in [6.45, 7) is 2.01. The second-order valence-corrected chi connectivity index (χ2v) is 4.34. The van der Waals surface area contributed by atoms with Gasteiger partial charge in [-0.25, -0.2) is 4.79 Å². The van der Waals surface area contributed by atoms with Gasteiger partial charge in [-0.2, -0.15) is 0 Å². The van der Waals surface area contributed by atoms with Gasteiger partial charge in [0.25, 0.3) is 0 Å². The molecule has 0 aliphatic heterocycles. The first-order valence-corrected chi connectivity index (χ1v) is 6.24. The standard InChI is InChI=1S/C16H16N2O2/c1-12-4-2-3-5-13(12)10-11-17-16(20)18-14-6-8-15(19)9-7-14/h2-11,19H,1H3,(H2,17,18,20)/b11-10+. The Labute approximate surface area is 117 Å². The molecular formula is C16H16N2O2. The highest BCUT2D eigenvalue weighted by atomic mass is 16.3. The SMILES string of the molecule is Cc1ccccc1/C=C/NC(=O)Nc1ccc(O)cc1. The molecule has 0 radical (unpaired) electrons. The highest BCUT2D eigenvalue weighted by molar-refractivity contribution is 5.90. The average Bonchev–Trinajstić information content (AvgIpc) is 2.43. The average molecular weight is 268 g/mol. The molecule has 0 bridgehead atoms. The fraction of sp³-hybridized carbons (Fsp3) is 0.0625. The third-order valence-corrected chi connectivity index (χ3v) is 2.79. The first-order chi connectivity index (χ1) is 9.65. The number of benzene rings is 2. The summed E-state index contributed by atoms with van der Waals surface area (Å²) in [6, 6.07) is 13.8. The second kappa shape index (κ2) is 6.43. The van der Waals surface area contributed by atoms with E-state index in [1.807, 2.05) is 37.3 Å². The van der Waals surface area contributed by atoms with Gasteiger partial charge in [-0.15, -0.1) is 0 Å². The van der Waals surface area contributed by atoms with E-state index in [1.165, 1.54) is 12.1 Å². The quantitative estimate of drug-likeness (QED) is 0.746. The number of aromatic hydroxyl groups is 1. The number of urea groups is 1. The number of amides is 2. The first-order valence-electron chi connectivity index (χ1n) is 6.24. The number of carbonyl (C=O) groups excluding carboxylic acids is 1. The molecule has 0 unspecified atom stereocenters. The number of hydrogen-bond donors (Lipinski definition) is 3. The summed E-state index contributed by atoms with van der Waals surface area (Å²) in [7, 11) is 0. The predicted octanol–water partition coefficient (Wildman–Crippen LogP) is 3.49. The van der Waals surface area contributed by atoms with E-state index >= 15 is 0 Å². The van der Waals surface area contributed by atoms with Crippen LogP contribution in [0.4, 0.5) is 10.5 Å². The van der Waals surface area contributed by atoms with Crippen LogP contribution >= 0.6 is 0 Å². The molecule has 20 heavy (non-hydrogen) atoms. The Morgan fingerprint density at radius 2 is 1.80 bits per heavy atom. The fourth-order valence-corrected chi connectivity index (χ4v) is 1.69. The van der Waals surface area contributed by atoms with Crippen molar-refractivity contribution in [1.82, 2.24) is 5.32 Å². The maximum atomic E-state index is 11.6. The summed E-state index contributed by atoms with van der Waals surface area (Å²) >= 11 is 0. The lowest BCUT2D eigenvalue weighted by molar-refractivity contribution is 0.255. The number of phenolic OH excluding ortho intramolecular Hbond substituents is 1. The zero-order valence-electron chi connectivity index (χ0n) is 11.1. The Hall–Kier alpha value is -2.75. The van der Waals surface area contributed by atoms with Crippen LogP contribution in [0.5, 0.6) is 5.75 Å². The largest absolute Gasteiger partial charge is 0.508 e. The van der Waals surface area contributed by atoms with Crippen LogP contribution in [0, 0.1) is 6.92 Å². The van der Waals surface area contributed by atoms with Gasteiger partial charge in [-0.05, 0) is 48.4 Å². The summed E-state index contributed by atoms with van der Waals surface area (Å²) in [5.41, 5.74) is 2.81. The van der Waals surface area contributed by atoms with Crippen molar-refractivity contribution in [3.63, 3.8) is 0 Å². The Morgan fingerprint density at radius 3 is 2.50 bits per heavy atom. The van der Waals surface area contributed by atoms with Crippen LogP contribution in [0.3, 0.4) is 0 Å². The van der Waals surface area contributed by atoms with Crippen LogP contribution in [0.15, 0.2) is 54.7 Å².